The van der Waals surface area contributed by atoms with Gasteiger partial charge in [0, 0.05) is 24.8 Å². The molecular weight excluding hydrogens is 260 g/mol. The average molecular weight is 284 g/mol. The van der Waals surface area contributed by atoms with Gasteiger partial charge >= 0.3 is 0 Å². The van der Waals surface area contributed by atoms with Crippen molar-refractivity contribution < 1.29 is 4.74 Å². The Balaban J connectivity index is 2.12. The van der Waals surface area contributed by atoms with Crippen LogP contribution in [0.2, 0.25) is 0 Å². The molecule has 0 saturated carbocycles. The summed E-state index contributed by atoms with van der Waals surface area (Å²) < 4.78 is 5.19. The van der Waals surface area contributed by atoms with Gasteiger partial charge in [0.15, 0.2) is 0 Å². The molecule has 0 heterocycles. The third-order valence-electron chi connectivity index (χ3n) is 3.80. The minimum Gasteiger partial charge on any atom is -0.497 e. The molecule has 0 saturated heterocycles. The zero-order valence-electron chi connectivity index (χ0n) is 13.0. The molecule has 2 aromatic rings. The van der Waals surface area contributed by atoms with E-state index in [9.17, 15) is 0 Å². The number of likely N-dealkylation sites (N-methyl/N-ethyl adjacent to an activating group) is 1. The Hall–Kier alpha value is -2.00. The van der Waals surface area contributed by atoms with Crippen molar-refractivity contribution in [2.75, 3.05) is 25.1 Å². The van der Waals surface area contributed by atoms with Gasteiger partial charge in [0.2, 0.25) is 0 Å². The van der Waals surface area contributed by atoms with E-state index in [1.807, 2.05) is 24.3 Å². The number of nitrogens with zero attached hydrogens (tertiary/aromatic N) is 1. The number of aryl methyl sites for hydroxylation is 1. The molecule has 0 amide bonds. The normalized spacial score (nSPS) is 12.0. The number of para-hydroxylation sites is 1. The summed E-state index contributed by atoms with van der Waals surface area (Å²) in [6.45, 7) is 6.03. The van der Waals surface area contributed by atoms with Gasteiger partial charge in [-0.05, 0) is 43.2 Å². The molecule has 2 aromatic carbocycles. The first kappa shape index (κ1) is 15.4. The molecule has 0 aliphatic rings. The predicted octanol–water partition coefficient (Wildman–Crippen LogP) is 3.53. The summed E-state index contributed by atoms with van der Waals surface area (Å²) in [6.07, 6.45) is 0. The SMILES string of the molecule is CCN(CC(N)c1ccc(OC)cc1)c1ccccc1C. The maximum Gasteiger partial charge on any atom is 0.118 e. The molecule has 1 atom stereocenters. The molecule has 2 N–H and O–H groups in total. The van der Waals surface area contributed by atoms with Crippen LogP contribution in [0.25, 0.3) is 0 Å². The second kappa shape index (κ2) is 7.14. The number of hydrogen-bond donors (Lipinski definition) is 1. The number of rotatable bonds is 6. The smallest absolute Gasteiger partial charge is 0.118 e. The topological polar surface area (TPSA) is 38.5 Å². The molecule has 0 radical (unpaired) electrons. The van der Waals surface area contributed by atoms with Crippen LogP contribution in [0.1, 0.15) is 24.1 Å². The van der Waals surface area contributed by atoms with Crippen molar-refractivity contribution >= 4 is 5.69 Å². The third-order valence-corrected chi connectivity index (χ3v) is 3.80. The Morgan fingerprint density at radius 2 is 1.76 bits per heavy atom. The van der Waals surface area contributed by atoms with E-state index < -0.39 is 0 Å². The molecule has 0 fully saturated rings. The summed E-state index contributed by atoms with van der Waals surface area (Å²) >= 11 is 0. The van der Waals surface area contributed by atoms with Crippen molar-refractivity contribution in [1.29, 1.82) is 0 Å². The lowest BCUT2D eigenvalue weighted by Gasteiger charge is -2.28. The van der Waals surface area contributed by atoms with Crippen molar-refractivity contribution in [1.82, 2.24) is 0 Å². The fourth-order valence-corrected chi connectivity index (χ4v) is 2.51. The number of ether oxygens (including phenoxy) is 1. The summed E-state index contributed by atoms with van der Waals surface area (Å²) in [6, 6.07) is 16.4. The highest BCUT2D eigenvalue weighted by atomic mass is 16.5. The number of benzene rings is 2. The second-order valence-electron chi connectivity index (χ2n) is 5.20. The second-order valence-corrected chi connectivity index (χ2v) is 5.20. The van der Waals surface area contributed by atoms with E-state index in [2.05, 4.69) is 43.0 Å². The zero-order chi connectivity index (χ0) is 15.2. The van der Waals surface area contributed by atoms with Gasteiger partial charge in [0.1, 0.15) is 5.75 Å². The number of anilines is 1. The molecule has 21 heavy (non-hydrogen) atoms. The highest BCUT2D eigenvalue weighted by Crippen LogP contribution is 2.23. The highest BCUT2D eigenvalue weighted by Gasteiger charge is 2.13. The van der Waals surface area contributed by atoms with Gasteiger partial charge in [-0.3, -0.25) is 0 Å². The van der Waals surface area contributed by atoms with Crippen LogP contribution >= 0.6 is 0 Å². The van der Waals surface area contributed by atoms with E-state index in [-0.39, 0.29) is 6.04 Å². The van der Waals surface area contributed by atoms with Gasteiger partial charge < -0.3 is 15.4 Å². The van der Waals surface area contributed by atoms with Crippen LogP contribution in [0.3, 0.4) is 0 Å². The number of methoxy groups -OCH3 is 1. The molecule has 0 aliphatic heterocycles. The Kier molecular flexibility index (Phi) is 5.23. The van der Waals surface area contributed by atoms with E-state index in [4.69, 9.17) is 10.5 Å². The van der Waals surface area contributed by atoms with Crippen molar-refractivity contribution in [2.24, 2.45) is 5.73 Å². The van der Waals surface area contributed by atoms with E-state index in [0.717, 1.165) is 24.4 Å². The lowest BCUT2D eigenvalue weighted by atomic mass is 10.1. The minimum atomic E-state index is -0.0181. The molecule has 0 bridgehead atoms. The Morgan fingerprint density at radius 1 is 1.10 bits per heavy atom. The van der Waals surface area contributed by atoms with Crippen molar-refractivity contribution in [3.05, 3.63) is 59.7 Å². The van der Waals surface area contributed by atoms with Gasteiger partial charge in [-0.25, -0.2) is 0 Å². The fraction of sp³-hybridized carbons (Fsp3) is 0.333. The average Bonchev–Trinajstić information content (AvgIpc) is 2.53. The van der Waals surface area contributed by atoms with Crippen molar-refractivity contribution in [2.45, 2.75) is 19.9 Å². The first-order chi connectivity index (χ1) is 10.2. The van der Waals surface area contributed by atoms with E-state index >= 15 is 0 Å². The van der Waals surface area contributed by atoms with Gasteiger partial charge in [0.05, 0.1) is 7.11 Å². The zero-order valence-corrected chi connectivity index (χ0v) is 13.0. The standard InChI is InChI=1S/C18H24N2O/c1-4-20(18-8-6-5-7-14(18)2)13-17(19)15-9-11-16(21-3)12-10-15/h5-12,17H,4,13,19H2,1-3H3. The van der Waals surface area contributed by atoms with Crippen LogP contribution in [0.5, 0.6) is 5.75 Å². The minimum absolute atomic E-state index is 0.0181. The van der Waals surface area contributed by atoms with E-state index in [0.29, 0.717) is 0 Å². The van der Waals surface area contributed by atoms with Gasteiger partial charge in [-0.2, -0.15) is 0 Å². The molecule has 0 aromatic heterocycles. The monoisotopic (exact) mass is 284 g/mol. The summed E-state index contributed by atoms with van der Waals surface area (Å²) in [4.78, 5) is 2.32. The van der Waals surface area contributed by atoms with Crippen LogP contribution in [-0.4, -0.2) is 20.2 Å². The first-order valence-electron chi connectivity index (χ1n) is 7.35. The molecule has 3 heteroatoms. The van der Waals surface area contributed by atoms with Crippen LogP contribution in [-0.2, 0) is 0 Å². The van der Waals surface area contributed by atoms with Gasteiger partial charge in [-0.1, -0.05) is 30.3 Å². The van der Waals surface area contributed by atoms with Gasteiger partial charge in [0.25, 0.3) is 0 Å². The first-order valence-corrected chi connectivity index (χ1v) is 7.35. The predicted molar refractivity (Wildman–Crippen MR) is 89.0 cm³/mol. The maximum absolute atomic E-state index is 6.37. The summed E-state index contributed by atoms with van der Waals surface area (Å²) in [7, 11) is 1.67. The highest BCUT2D eigenvalue weighted by molar-refractivity contribution is 5.53. The maximum atomic E-state index is 6.37. The van der Waals surface area contributed by atoms with E-state index in [1.165, 1.54) is 11.3 Å². The van der Waals surface area contributed by atoms with Crippen molar-refractivity contribution in [3.8, 4) is 5.75 Å². The number of hydrogen-bond acceptors (Lipinski definition) is 3. The lowest BCUT2D eigenvalue weighted by Crippen LogP contribution is -2.32. The van der Waals surface area contributed by atoms with Crippen LogP contribution < -0.4 is 15.4 Å². The Bertz CT molecular complexity index is 566. The third kappa shape index (κ3) is 3.76. The molecular formula is C18H24N2O. The van der Waals surface area contributed by atoms with Crippen molar-refractivity contribution in [3.63, 3.8) is 0 Å². The molecule has 0 aliphatic carbocycles. The molecule has 0 spiro atoms. The largest absolute Gasteiger partial charge is 0.497 e. The fourth-order valence-electron chi connectivity index (χ4n) is 2.51. The summed E-state index contributed by atoms with van der Waals surface area (Å²) in [5.41, 5.74) is 10.0. The summed E-state index contributed by atoms with van der Waals surface area (Å²) in [5, 5.41) is 0. The Labute approximate surface area is 127 Å². The summed E-state index contributed by atoms with van der Waals surface area (Å²) in [5.74, 6) is 0.859. The molecule has 3 nitrogen and oxygen atoms in total. The van der Waals surface area contributed by atoms with Crippen LogP contribution in [0.15, 0.2) is 48.5 Å². The van der Waals surface area contributed by atoms with Gasteiger partial charge in [-0.15, -0.1) is 0 Å². The quantitative estimate of drug-likeness (QED) is 0.882. The lowest BCUT2D eigenvalue weighted by molar-refractivity contribution is 0.414. The Morgan fingerprint density at radius 3 is 2.33 bits per heavy atom. The molecule has 112 valence electrons. The van der Waals surface area contributed by atoms with E-state index in [1.54, 1.807) is 7.11 Å². The molecule has 2 rings (SSSR count). The van der Waals surface area contributed by atoms with Crippen LogP contribution in [0.4, 0.5) is 5.69 Å². The van der Waals surface area contributed by atoms with Crippen LogP contribution in [0, 0.1) is 6.92 Å². The number of nitrogens with two attached hydrogens (primary N) is 1. The molecule has 1 unspecified atom stereocenters.